The third kappa shape index (κ3) is 7.89. The van der Waals surface area contributed by atoms with Crippen molar-refractivity contribution in [1.82, 2.24) is 19.5 Å². The Labute approximate surface area is 239 Å². The minimum atomic E-state index is -4.91. The summed E-state index contributed by atoms with van der Waals surface area (Å²) >= 11 is 0. The average molecular weight is 625 g/mol. The lowest BCUT2D eigenvalue weighted by molar-refractivity contribution is -0.205. The predicted octanol–water partition coefficient (Wildman–Crippen LogP) is 2.95. The number of carbonyl (C=O) groups is 2. The number of nitrogens with zero attached hydrogens (tertiary/aromatic N) is 4. The third-order valence-electron chi connectivity index (χ3n) is 5.59. The van der Waals surface area contributed by atoms with Crippen LogP contribution in [-0.2, 0) is 41.8 Å². The van der Waals surface area contributed by atoms with Gasteiger partial charge in [-0.3, -0.25) is 9.09 Å². The SMILES string of the molecule is Cc1nc(C)c2ncn([C@@H]3O[C@](F)(COP(=O)(OCOC(=O)OC(C)C)OCOC(=O)OC(C)C)[C@@H](O)[C@@]3(C)O)c2n1. The second-order valence-electron chi connectivity index (χ2n) is 9.90. The Morgan fingerprint density at radius 1 is 1.07 bits per heavy atom. The van der Waals surface area contributed by atoms with Gasteiger partial charge >= 0.3 is 20.1 Å². The number of fused-ring (bicyclic) bond motifs is 1. The number of rotatable bonds is 12. The van der Waals surface area contributed by atoms with Gasteiger partial charge in [-0.2, -0.15) is 0 Å². The molecule has 2 aromatic heterocycles. The molecule has 1 aliphatic heterocycles. The van der Waals surface area contributed by atoms with E-state index in [0.717, 1.165) is 6.92 Å². The van der Waals surface area contributed by atoms with Crippen molar-refractivity contribution in [2.24, 2.45) is 0 Å². The summed E-state index contributed by atoms with van der Waals surface area (Å²) in [7, 11) is -4.91. The number of phosphoric ester groups is 1. The molecule has 2 aromatic rings. The van der Waals surface area contributed by atoms with Crippen LogP contribution in [0.15, 0.2) is 6.33 Å². The van der Waals surface area contributed by atoms with Gasteiger partial charge in [0.05, 0.1) is 24.2 Å². The van der Waals surface area contributed by atoms with E-state index in [9.17, 15) is 24.4 Å². The molecule has 1 aliphatic rings. The first kappa shape index (κ1) is 33.5. The van der Waals surface area contributed by atoms with Gasteiger partial charge in [-0.05, 0) is 48.5 Å². The number of aryl methyl sites for hydroxylation is 2. The molecule has 0 spiro atoms. The summed E-state index contributed by atoms with van der Waals surface area (Å²) in [6, 6.07) is 0. The van der Waals surface area contributed by atoms with Crippen LogP contribution in [-0.4, -0.2) is 92.0 Å². The van der Waals surface area contributed by atoms with E-state index in [0.29, 0.717) is 17.0 Å². The monoisotopic (exact) mass is 624 g/mol. The second-order valence-corrected chi connectivity index (χ2v) is 11.6. The molecule has 236 valence electrons. The second kappa shape index (κ2) is 13.1. The summed E-state index contributed by atoms with van der Waals surface area (Å²) < 4.78 is 69.4. The number of hydrogen-bond donors (Lipinski definition) is 2. The third-order valence-corrected chi connectivity index (χ3v) is 6.88. The van der Waals surface area contributed by atoms with E-state index in [1.165, 1.54) is 10.9 Å². The van der Waals surface area contributed by atoms with E-state index in [2.05, 4.69) is 24.4 Å². The van der Waals surface area contributed by atoms with Crippen molar-refractivity contribution < 1.29 is 66.0 Å². The molecule has 17 nitrogen and oxygen atoms in total. The van der Waals surface area contributed by atoms with Crippen LogP contribution in [0.1, 0.15) is 52.4 Å². The summed E-state index contributed by atoms with van der Waals surface area (Å²) in [4.78, 5) is 35.9. The van der Waals surface area contributed by atoms with E-state index in [1.807, 2.05) is 0 Å². The van der Waals surface area contributed by atoms with E-state index < -0.39 is 76.3 Å². The highest BCUT2D eigenvalue weighted by atomic mass is 31.2. The maximum atomic E-state index is 16.1. The fourth-order valence-corrected chi connectivity index (χ4v) is 4.69. The normalized spacial score (nSPS) is 24.4. The minimum Gasteiger partial charge on any atom is -0.432 e. The molecule has 0 aromatic carbocycles. The van der Waals surface area contributed by atoms with Gasteiger partial charge in [0.1, 0.15) is 29.7 Å². The Kier molecular flexibility index (Phi) is 10.5. The summed E-state index contributed by atoms with van der Waals surface area (Å²) in [6.45, 7) is 7.14. The van der Waals surface area contributed by atoms with Gasteiger partial charge in [0.2, 0.25) is 13.6 Å². The fraction of sp³-hybridized carbons (Fsp3) is 0.696. The van der Waals surface area contributed by atoms with Gasteiger partial charge in [-0.15, -0.1) is 0 Å². The number of halogens is 1. The fourth-order valence-electron chi connectivity index (χ4n) is 3.77. The number of aliphatic hydroxyl groups is 2. The quantitative estimate of drug-likeness (QED) is 0.197. The number of aromatic nitrogens is 4. The average Bonchev–Trinajstić information content (AvgIpc) is 3.35. The maximum Gasteiger partial charge on any atom is 0.510 e. The highest BCUT2D eigenvalue weighted by Gasteiger charge is 2.64. The summed E-state index contributed by atoms with van der Waals surface area (Å²) in [5.41, 5.74) is -1.24. The number of phosphoric acid groups is 1. The predicted molar refractivity (Wildman–Crippen MR) is 136 cm³/mol. The molecule has 0 radical (unpaired) electrons. The van der Waals surface area contributed by atoms with Crippen LogP contribution in [0, 0.1) is 13.8 Å². The minimum absolute atomic E-state index is 0.191. The van der Waals surface area contributed by atoms with Crippen LogP contribution in [0.25, 0.3) is 11.2 Å². The molecule has 0 saturated carbocycles. The molecular formula is C23H34FN4O13P. The highest BCUT2D eigenvalue weighted by molar-refractivity contribution is 7.48. The topological polar surface area (TPSA) is 209 Å². The first-order valence-electron chi connectivity index (χ1n) is 12.6. The number of ether oxygens (including phenoxy) is 5. The number of hydrogen-bond acceptors (Lipinski definition) is 16. The summed E-state index contributed by atoms with van der Waals surface area (Å²) in [6.07, 6.45) is -6.11. The first-order chi connectivity index (χ1) is 19.5. The van der Waals surface area contributed by atoms with Crippen molar-refractivity contribution >= 4 is 31.3 Å². The number of imidazole rings is 1. The van der Waals surface area contributed by atoms with Gasteiger partial charge in [-0.1, -0.05) is 0 Å². The van der Waals surface area contributed by atoms with Crippen LogP contribution >= 0.6 is 7.82 Å². The molecule has 1 saturated heterocycles. The van der Waals surface area contributed by atoms with Crippen LogP contribution in [0.5, 0.6) is 0 Å². The largest absolute Gasteiger partial charge is 0.510 e. The zero-order chi connectivity index (χ0) is 31.5. The Hall–Kier alpha value is -2.99. The van der Waals surface area contributed by atoms with Crippen LogP contribution in [0.3, 0.4) is 0 Å². The maximum absolute atomic E-state index is 16.1. The number of alkyl halides is 1. The lowest BCUT2D eigenvalue weighted by Gasteiger charge is -2.28. The first-order valence-corrected chi connectivity index (χ1v) is 14.1. The molecule has 0 amide bonds. The van der Waals surface area contributed by atoms with Gasteiger partial charge in [0, 0.05) is 0 Å². The Morgan fingerprint density at radius 3 is 2.14 bits per heavy atom. The number of carbonyl (C=O) groups excluding carboxylic acids is 2. The zero-order valence-corrected chi connectivity index (χ0v) is 24.9. The number of aliphatic hydroxyl groups excluding tert-OH is 1. The standard InChI is InChI=1S/C23H34FN4O13P/c1-12(2)39-20(30)34-10-37-42(33,38-11-35-21(31)40-13(3)4)36-8-23(24)18(29)22(7,32)19(41-23)28-9-25-16-14(5)26-15(6)27-17(16)28/h9,12-13,18-19,29,32H,8,10-11H2,1-7H3/t18-,19+,22+,23+/m0/s1. The zero-order valence-electron chi connectivity index (χ0n) is 24.0. The smallest absolute Gasteiger partial charge is 0.432 e. The van der Waals surface area contributed by atoms with E-state index >= 15 is 4.39 Å². The van der Waals surface area contributed by atoms with Crippen LogP contribution in [0.4, 0.5) is 14.0 Å². The Morgan fingerprint density at radius 2 is 1.62 bits per heavy atom. The van der Waals surface area contributed by atoms with Gasteiger partial charge in [-0.25, -0.2) is 42.5 Å². The molecular weight excluding hydrogens is 590 g/mol. The van der Waals surface area contributed by atoms with Crippen molar-refractivity contribution in [3.63, 3.8) is 0 Å². The van der Waals surface area contributed by atoms with E-state index in [4.69, 9.17) is 27.8 Å². The molecule has 4 atom stereocenters. The Balaban J connectivity index is 1.77. The molecule has 0 unspecified atom stereocenters. The van der Waals surface area contributed by atoms with Gasteiger partial charge in [0.25, 0.3) is 5.85 Å². The van der Waals surface area contributed by atoms with Gasteiger partial charge in [0.15, 0.2) is 11.9 Å². The van der Waals surface area contributed by atoms with E-state index in [1.54, 1.807) is 41.5 Å². The molecule has 0 aliphatic carbocycles. The molecule has 1 fully saturated rings. The van der Waals surface area contributed by atoms with Crippen LogP contribution in [0.2, 0.25) is 0 Å². The van der Waals surface area contributed by atoms with E-state index in [-0.39, 0.29) is 5.65 Å². The molecule has 3 heterocycles. The molecule has 3 rings (SSSR count). The van der Waals surface area contributed by atoms with Crippen molar-refractivity contribution in [3.8, 4) is 0 Å². The summed E-state index contributed by atoms with van der Waals surface area (Å²) in [5, 5.41) is 21.8. The molecule has 42 heavy (non-hydrogen) atoms. The van der Waals surface area contributed by atoms with Crippen LogP contribution < -0.4 is 0 Å². The van der Waals surface area contributed by atoms with Crippen molar-refractivity contribution in [1.29, 1.82) is 0 Å². The van der Waals surface area contributed by atoms with Crippen molar-refractivity contribution in [2.75, 3.05) is 20.2 Å². The molecule has 2 N–H and O–H groups in total. The van der Waals surface area contributed by atoms with Crippen molar-refractivity contribution in [3.05, 3.63) is 17.8 Å². The molecule has 19 heteroatoms. The molecule has 0 bridgehead atoms. The lowest BCUT2D eigenvalue weighted by atomic mass is 9.95. The highest BCUT2D eigenvalue weighted by Crippen LogP contribution is 2.53. The Bertz CT molecular complexity index is 1290. The lowest BCUT2D eigenvalue weighted by Crippen LogP contribution is -2.49. The summed E-state index contributed by atoms with van der Waals surface area (Å²) in [5.74, 6) is -2.84. The van der Waals surface area contributed by atoms with Crippen molar-refractivity contribution in [2.45, 2.75) is 84.5 Å². The van der Waals surface area contributed by atoms with Gasteiger partial charge < -0.3 is 33.9 Å².